The molecule has 2 saturated heterocycles. The first-order valence-corrected chi connectivity index (χ1v) is 9.12. The van der Waals surface area contributed by atoms with E-state index < -0.39 is 0 Å². The average Bonchev–Trinajstić information content (AvgIpc) is 3.16. The maximum atomic E-state index is 5.69. The van der Waals surface area contributed by atoms with Crippen molar-refractivity contribution in [3.05, 3.63) is 0 Å². The van der Waals surface area contributed by atoms with Gasteiger partial charge in [0, 0.05) is 43.8 Å². The monoisotopic (exact) mass is 329 g/mol. The summed E-state index contributed by atoms with van der Waals surface area (Å²) in [5.74, 6) is 1.58. The zero-order chi connectivity index (χ0) is 14.2. The van der Waals surface area contributed by atoms with E-state index in [1.807, 2.05) is 0 Å². The zero-order valence-corrected chi connectivity index (χ0v) is 14.6. The number of nitrogens with zero attached hydrogens (tertiary/aromatic N) is 1. The third-order valence-electron chi connectivity index (χ3n) is 6.17. The predicted molar refractivity (Wildman–Crippen MR) is 91.7 cm³/mol. The normalized spacial score (nSPS) is 43.2. The van der Waals surface area contributed by atoms with Crippen LogP contribution in [0.3, 0.4) is 0 Å². The minimum absolute atomic E-state index is 0. The molecule has 4 nitrogen and oxygen atoms in total. The molecule has 0 bridgehead atoms. The number of rotatable bonds is 4. The SMILES string of the molecule is CC1CN(C2CC2)CC1NC1CCCC1C1COCCN1.Cl. The maximum Gasteiger partial charge on any atom is 0.0623 e. The zero-order valence-electron chi connectivity index (χ0n) is 13.8. The fraction of sp³-hybridized carbons (Fsp3) is 1.00. The second-order valence-corrected chi connectivity index (χ2v) is 7.77. The molecule has 0 radical (unpaired) electrons. The molecule has 0 spiro atoms. The van der Waals surface area contributed by atoms with Crippen molar-refractivity contribution in [2.45, 2.75) is 63.2 Å². The topological polar surface area (TPSA) is 36.5 Å². The van der Waals surface area contributed by atoms with E-state index in [1.54, 1.807) is 0 Å². The standard InChI is InChI=1S/C17H31N3O.ClH/c1-12-9-20(13-5-6-13)10-16(12)19-15-4-2-3-14(15)17-11-21-8-7-18-17;/h12-19H,2-11H2,1H3;1H. The molecule has 128 valence electrons. The molecule has 4 aliphatic rings. The third kappa shape index (κ3) is 3.62. The summed E-state index contributed by atoms with van der Waals surface area (Å²) in [6.45, 7) is 7.86. The number of hydrogen-bond donors (Lipinski definition) is 2. The van der Waals surface area contributed by atoms with Gasteiger partial charge in [0.1, 0.15) is 0 Å². The Morgan fingerprint density at radius 1 is 1.09 bits per heavy atom. The number of ether oxygens (including phenoxy) is 1. The highest BCUT2D eigenvalue weighted by Gasteiger charge is 2.41. The summed E-state index contributed by atoms with van der Waals surface area (Å²) in [5.41, 5.74) is 0. The molecule has 2 aliphatic carbocycles. The van der Waals surface area contributed by atoms with Crippen molar-refractivity contribution in [3.63, 3.8) is 0 Å². The van der Waals surface area contributed by atoms with Gasteiger partial charge in [-0.05, 0) is 37.5 Å². The van der Waals surface area contributed by atoms with E-state index in [2.05, 4.69) is 22.5 Å². The molecule has 2 heterocycles. The van der Waals surface area contributed by atoms with Gasteiger partial charge in [-0.2, -0.15) is 0 Å². The Labute approximate surface area is 141 Å². The van der Waals surface area contributed by atoms with Crippen LogP contribution in [0.2, 0.25) is 0 Å². The van der Waals surface area contributed by atoms with Crippen molar-refractivity contribution in [2.24, 2.45) is 11.8 Å². The van der Waals surface area contributed by atoms with Crippen LogP contribution in [0.4, 0.5) is 0 Å². The maximum absolute atomic E-state index is 5.69. The number of hydrogen-bond acceptors (Lipinski definition) is 4. The highest BCUT2D eigenvalue weighted by molar-refractivity contribution is 5.85. The lowest BCUT2D eigenvalue weighted by Gasteiger charge is -2.34. The Hall–Kier alpha value is 0.130. The molecule has 0 aromatic carbocycles. The fourth-order valence-electron chi connectivity index (χ4n) is 4.77. The molecule has 5 heteroatoms. The summed E-state index contributed by atoms with van der Waals surface area (Å²) in [6, 6.07) is 2.92. The van der Waals surface area contributed by atoms with Gasteiger partial charge in [-0.3, -0.25) is 4.90 Å². The van der Waals surface area contributed by atoms with Gasteiger partial charge in [0.15, 0.2) is 0 Å². The summed E-state index contributed by atoms with van der Waals surface area (Å²) >= 11 is 0. The lowest BCUT2D eigenvalue weighted by molar-refractivity contribution is 0.0514. The van der Waals surface area contributed by atoms with E-state index in [1.165, 1.54) is 45.2 Å². The molecule has 22 heavy (non-hydrogen) atoms. The van der Waals surface area contributed by atoms with E-state index in [-0.39, 0.29) is 12.4 Å². The van der Waals surface area contributed by atoms with E-state index >= 15 is 0 Å². The van der Waals surface area contributed by atoms with Crippen molar-refractivity contribution >= 4 is 12.4 Å². The Bertz CT molecular complexity index is 360. The average molecular weight is 330 g/mol. The van der Waals surface area contributed by atoms with Crippen LogP contribution < -0.4 is 10.6 Å². The summed E-state index contributed by atoms with van der Waals surface area (Å²) < 4.78 is 5.69. The second kappa shape index (κ2) is 7.35. The van der Waals surface area contributed by atoms with Gasteiger partial charge in [0.2, 0.25) is 0 Å². The largest absolute Gasteiger partial charge is 0.379 e. The molecule has 4 fully saturated rings. The van der Waals surface area contributed by atoms with Crippen molar-refractivity contribution in [1.29, 1.82) is 0 Å². The Morgan fingerprint density at radius 3 is 2.68 bits per heavy atom. The first-order chi connectivity index (χ1) is 10.3. The highest BCUT2D eigenvalue weighted by Crippen LogP contribution is 2.34. The molecule has 4 rings (SSSR count). The van der Waals surface area contributed by atoms with Crippen LogP contribution in [0.1, 0.15) is 39.0 Å². The number of nitrogens with one attached hydrogen (secondary N) is 2. The van der Waals surface area contributed by atoms with Gasteiger partial charge in [-0.25, -0.2) is 0 Å². The number of halogens is 1. The lowest BCUT2D eigenvalue weighted by Crippen LogP contribution is -2.53. The smallest absolute Gasteiger partial charge is 0.0623 e. The van der Waals surface area contributed by atoms with Crippen LogP contribution in [-0.2, 0) is 4.74 Å². The molecule has 2 saturated carbocycles. The second-order valence-electron chi connectivity index (χ2n) is 7.77. The lowest BCUT2D eigenvalue weighted by atomic mass is 9.92. The first-order valence-electron chi connectivity index (χ1n) is 9.12. The van der Waals surface area contributed by atoms with Crippen molar-refractivity contribution in [3.8, 4) is 0 Å². The number of morpholine rings is 1. The molecule has 0 amide bonds. The minimum atomic E-state index is 0. The van der Waals surface area contributed by atoms with Gasteiger partial charge in [-0.15, -0.1) is 12.4 Å². The molecule has 0 aromatic rings. The van der Waals surface area contributed by atoms with Crippen LogP contribution in [-0.4, -0.2) is 61.9 Å². The highest BCUT2D eigenvalue weighted by atomic mass is 35.5. The van der Waals surface area contributed by atoms with Gasteiger partial charge in [0.05, 0.1) is 13.2 Å². The van der Waals surface area contributed by atoms with Crippen LogP contribution in [0.15, 0.2) is 0 Å². The quantitative estimate of drug-likeness (QED) is 0.822. The molecule has 0 aromatic heterocycles. The molecule has 2 aliphatic heterocycles. The Morgan fingerprint density at radius 2 is 1.95 bits per heavy atom. The van der Waals surface area contributed by atoms with Crippen LogP contribution in [0.5, 0.6) is 0 Å². The number of likely N-dealkylation sites (tertiary alicyclic amines) is 1. The van der Waals surface area contributed by atoms with Crippen LogP contribution >= 0.6 is 12.4 Å². The Balaban J connectivity index is 0.00000144. The van der Waals surface area contributed by atoms with Gasteiger partial charge in [-0.1, -0.05) is 13.3 Å². The third-order valence-corrected chi connectivity index (χ3v) is 6.17. The molecular formula is C17H32ClN3O. The molecule has 2 N–H and O–H groups in total. The van der Waals surface area contributed by atoms with E-state index in [0.717, 1.165) is 37.6 Å². The summed E-state index contributed by atoms with van der Waals surface area (Å²) in [6.07, 6.45) is 6.99. The van der Waals surface area contributed by atoms with Gasteiger partial charge in [0.25, 0.3) is 0 Å². The van der Waals surface area contributed by atoms with Crippen molar-refractivity contribution in [1.82, 2.24) is 15.5 Å². The predicted octanol–water partition coefficient (Wildman–Crippen LogP) is 1.64. The molecule has 5 unspecified atom stereocenters. The first kappa shape index (κ1) is 17.0. The van der Waals surface area contributed by atoms with Crippen LogP contribution in [0.25, 0.3) is 0 Å². The van der Waals surface area contributed by atoms with Crippen LogP contribution in [0, 0.1) is 11.8 Å². The fourth-order valence-corrected chi connectivity index (χ4v) is 4.77. The van der Waals surface area contributed by atoms with E-state index in [4.69, 9.17) is 4.74 Å². The Kier molecular flexibility index (Phi) is 5.67. The summed E-state index contributed by atoms with van der Waals surface area (Å²) in [7, 11) is 0. The molecule has 5 atom stereocenters. The van der Waals surface area contributed by atoms with Crippen molar-refractivity contribution in [2.75, 3.05) is 32.8 Å². The van der Waals surface area contributed by atoms with Gasteiger partial charge < -0.3 is 15.4 Å². The summed E-state index contributed by atoms with van der Waals surface area (Å²) in [5, 5.41) is 7.74. The van der Waals surface area contributed by atoms with Crippen molar-refractivity contribution < 1.29 is 4.74 Å². The van der Waals surface area contributed by atoms with E-state index in [0.29, 0.717) is 18.1 Å². The van der Waals surface area contributed by atoms with Gasteiger partial charge >= 0.3 is 0 Å². The van der Waals surface area contributed by atoms with E-state index in [9.17, 15) is 0 Å². The minimum Gasteiger partial charge on any atom is -0.379 e. The summed E-state index contributed by atoms with van der Waals surface area (Å²) in [4.78, 5) is 2.73. The molecular weight excluding hydrogens is 298 g/mol.